The lowest BCUT2D eigenvalue weighted by Gasteiger charge is -2.23. The third-order valence-electron chi connectivity index (χ3n) is 4.63. The van der Waals surface area contributed by atoms with Gasteiger partial charge < -0.3 is 15.2 Å². The Hall–Kier alpha value is -2.33. The normalized spacial score (nSPS) is 16.4. The van der Waals surface area contributed by atoms with Gasteiger partial charge in [0, 0.05) is 5.69 Å². The molecule has 0 aliphatic heterocycles. The molecule has 4 heteroatoms. The van der Waals surface area contributed by atoms with Gasteiger partial charge >= 0.3 is 0 Å². The Bertz CT molecular complexity index is 755. The maximum atomic E-state index is 12.2. The molecule has 1 aliphatic rings. The summed E-state index contributed by atoms with van der Waals surface area (Å²) in [5.74, 6) is 0.924. The quantitative estimate of drug-likeness (QED) is 0.858. The van der Waals surface area contributed by atoms with E-state index in [1.165, 1.54) is 5.56 Å². The van der Waals surface area contributed by atoms with Gasteiger partial charge in [0.1, 0.15) is 5.75 Å². The topological polar surface area (TPSA) is 58.6 Å². The molecule has 0 unspecified atom stereocenters. The summed E-state index contributed by atoms with van der Waals surface area (Å²) in [7, 11) is 0. The molecule has 0 aromatic heterocycles. The van der Waals surface area contributed by atoms with Crippen molar-refractivity contribution in [1.29, 1.82) is 0 Å². The summed E-state index contributed by atoms with van der Waals surface area (Å²) < 4.78 is 5.74. The van der Waals surface area contributed by atoms with Crippen LogP contribution >= 0.6 is 0 Å². The van der Waals surface area contributed by atoms with Crippen molar-refractivity contribution < 1.29 is 14.6 Å². The van der Waals surface area contributed by atoms with E-state index in [9.17, 15) is 9.90 Å². The van der Waals surface area contributed by atoms with E-state index in [0.717, 1.165) is 36.1 Å². The Balaban J connectivity index is 1.63. The highest BCUT2D eigenvalue weighted by atomic mass is 16.5. The van der Waals surface area contributed by atoms with E-state index in [1.54, 1.807) is 0 Å². The molecule has 1 aliphatic carbocycles. The van der Waals surface area contributed by atoms with Crippen LogP contribution in [-0.4, -0.2) is 17.6 Å². The zero-order chi connectivity index (χ0) is 17.8. The predicted molar refractivity (Wildman–Crippen MR) is 99.0 cm³/mol. The van der Waals surface area contributed by atoms with Gasteiger partial charge in [0.2, 0.25) is 0 Å². The molecule has 25 heavy (non-hydrogen) atoms. The van der Waals surface area contributed by atoms with Crippen LogP contribution in [-0.2, 0) is 11.2 Å². The summed E-state index contributed by atoms with van der Waals surface area (Å²) >= 11 is 0. The number of anilines is 1. The van der Waals surface area contributed by atoms with Crippen molar-refractivity contribution in [2.24, 2.45) is 0 Å². The van der Waals surface area contributed by atoms with Crippen molar-refractivity contribution in [1.82, 2.24) is 0 Å². The number of ether oxygens (including phenoxy) is 1. The van der Waals surface area contributed by atoms with Gasteiger partial charge in [-0.1, -0.05) is 38.1 Å². The Morgan fingerprint density at radius 1 is 1.28 bits per heavy atom. The van der Waals surface area contributed by atoms with E-state index in [1.807, 2.05) is 36.4 Å². The van der Waals surface area contributed by atoms with Crippen molar-refractivity contribution in [3.8, 4) is 5.75 Å². The number of carbonyl (C=O) groups is 1. The van der Waals surface area contributed by atoms with Gasteiger partial charge in [0.25, 0.3) is 5.91 Å². The predicted octanol–water partition coefficient (Wildman–Crippen LogP) is 4.20. The lowest BCUT2D eigenvalue weighted by Crippen LogP contribution is -2.21. The number of fused-ring (bicyclic) bond motifs is 1. The van der Waals surface area contributed by atoms with Crippen molar-refractivity contribution in [3.63, 3.8) is 0 Å². The monoisotopic (exact) mass is 339 g/mol. The van der Waals surface area contributed by atoms with Crippen molar-refractivity contribution in [3.05, 3.63) is 59.2 Å². The largest absolute Gasteiger partial charge is 0.483 e. The zero-order valence-corrected chi connectivity index (χ0v) is 14.8. The van der Waals surface area contributed by atoms with Gasteiger partial charge in [-0.3, -0.25) is 4.79 Å². The van der Waals surface area contributed by atoms with E-state index in [2.05, 4.69) is 25.2 Å². The molecule has 2 N–H and O–H groups in total. The summed E-state index contributed by atoms with van der Waals surface area (Å²) in [5.41, 5.74) is 3.92. The molecule has 0 saturated heterocycles. The van der Waals surface area contributed by atoms with E-state index in [4.69, 9.17) is 4.74 Å². The first-order valence-electron chi connectivity index (χ1n) is 8.87. The molecule has 0 bridgehead atoms. The molecule has 0 fully saturated rings. The third-order valence-corrected chi connectivity index (χ3v) is 4.63. The molecule has 0 heterocycles. The number of hydrogen-bond donors (Lipinski definition) is 2. The standard InChI is InChI=1S/C21H25NO3/c1-14(2)15-6-3-7-16(12-15)22-21(24)13-25-20-11-5-8-17-18(20)9-4-10-19(17)23/h3,5-8,11-12,14,19,23H,4,9-10,13H2,1-2H3,(H,22,24)/t19-/m0/s1. The fourth-order valence-electron chi connectivity index (χ4n) is 3.24. The Morgan fingerprint density at radius 3 is 2.88 bits per heavy atom. The maximum Gasteiger partial charge on any atom is 0.262 e. The summed E-state index contributed by atoms with van der Waals surface area (Å²) in [6, 6.07) is 13.5. The zero-order valence-electron chi connectivity index (χ0n) is 14.8. The summed E-state index contributed by atoms with van der Waals surface area (Å²) in [4.78, 5) is 12.2. The SMILES string of the molecule is CC(C)c1cccc(NC(=O)COc2cccc3c2CCC[C@@H]3O)c1. The van der Waals surface area contributed by atoms with Crippen LogP contribution in [0.5, 0.6) is 5.75 Å². The number of nitrogens with one attached hydrogen (secondary N) is 1. The number of amides is 1. The molecule has 0 saturated carbocycles. The maximum absolute atomic E-state index is 12.2. The highest BCUT2D eigenvalue weighted by Crippen LogP contribution is 2.35. The average molecular weight is 339 g/mol. The smallest absolute Gasteiger partial charge is 0.262 e. The highest BCUT2D eigenvalue weighted by molar-refractivity contribution is 5.92. The number of aliphatic hydroxyl groups excluding tert-OH is 1. The Labute approximate surface area is 148 Å². The van der Waals surface area contributed by atoms with Crippen LogP contribution in [0.3, 0.4) is 0 Å². The number of aliphatic hydroxyl groups is 1. The van der Waals surface area contributed by atoms with Crippen molar-refractivity contribution in [2.45, 2.75) is 45.1 Å². The minimum absolute atomic E-state index is 0.0432. The highest BCUT2D eigenvalue weighted by Gasteiger charge is 2.21. The minimum atomic E-state index is -0.431. The van der Waals surface area contributed by atoms with Gasteiger partial charge in [-0.2, -0.15) is 0 Å². The third kappa shape index (κ3) is 4.20. The van der Waals surface area contributed by atoms with Crippen molar-refractivity contribution >= 4 is 11.6 Å². The second-order valence-electron chi connectivity index (χ2n) is 6.85. The molecule has 0 radical (unpaired) electrons. The summed E-state index contributed by atoms with van der Waals surface area (Å²) in [5, 5.41) is 13.0. The lowest BCUT2D eigenvalue weighted by atomic mass is 9.89. The average Bonchev–Trinajstić information content (AvgIpc) is 2.60. The van der Waals surface area contributed by atoms with Crippen LogP contribution in [0.25, 0.3) is 0 Å². The second-order valence-corrected chi connectivity index (χ2v) is 6.85. The van der Waals surface area contributed by atoms with E-state index < -0.39 is 6.10 Å². The van der Waals surface area contributed by atoms with E-state index in [-0.39, 0.29) is 12.5 Å². The van der Waals surface area contributed by atoms with Crippen LogP contribution < -0.4 is 10.1 Å². The molecule has 4 nitrogen and oxygen atoms in total. The van der Waals surface area contributed by atoms with Gasteiger partial charge in [-0.25, -0.2) is 0 Å². The van der Waals surface area contributed by atoms with Gasteiger partial charge in [0.15, 0.2) is 6.61 Å². The molecule has 1 atom stereocenters. The first-order chi connectivity index (χ1) is 12.0. The van der Waals surface area contributed by atoms with Crippen LogP contribution in [0, 0.1) is 0 Å². The Morgan fingerprint density at radius 2 is 2.08 bits per heavy atom. The first-order valence-corrected chi connectivity index (χ1v) is 8.87. The summed E-state index contributed by atoms with van der Waals surface area (Å²) in [6.45, 7) is 4.20. The molecule has 1 amide bonds. The minimum Gasteiger partial charge on any atom is -0.483 e. The summed E-state index contributed by atoms with van der Waals surface area (Å²) in [6.07, 6.45) is 2.16. The van der Waals surface area contributed by atoms with Crippen LogP contribution in [0.15, 0.2) is 42.5 Å². The van der Waals surface area contributed by atoms with Gasteiger partial charge in [0.05, 0.1) is 6.10 Å². The van der Waals surface area contributed by atoms with Crippen LogP contribution in [0.1, 0.15) is 55.4 Å². The second kappa shape index (κ2) is 7.70. The molecular formula is C21H25NO3. The molecule has 2 aromatic carbocycles. The number of rotatable bonds is 5. The lowest BCUT2D eigenvalue weighted by molar-refractivity contribution is -0.118. The molecule has 132 valence electrons. The molecule has 2 aromatic rings. The van der Waals surface area contributed by atoms with E-state index in [0.29, 0.717) is 11.7 Å². The van der Waals surface area contributed by atoms with Gasteiger partial charge in [-0.05, 0) is 60.1 Å². The Kier molecular flexibility index (Phi) is 5.39. The van der Waals surface area contributed by atoms with Crippen molar-refractivity contribution in [2.75, 3.05) is 11.9 Å². The molecular weight excluding hydrogens is 314 g/mol. The first kappa shape index (κ1) is 17.5. The van der Waals surface area contributed by atoms with Crippen LogP contribution in [0.4, 0.5) is 5.69 Å². The van der Waals surface area contributed by atoms with Crippen LogP contribution in [0.2, 0.25) is 0 Å². The number of benzene rings is 2. The van der Waals surface area contributed by atoms with Gasteiger partial charge in [-0.15, -0.1) is 0 Å². The number of hydrogen-bond acceptors (Lipinski definition) is 3. The fourth-order valence-corrected chi connectivity index (χ4v) is 3.24. The molecule has 0 spiro atoms. The van der Waals surface area contributed by atoms with E-state index >= 15 is 0 Å². The molecule has 3 rings (SSSR count). The fraction of sp³-hybridized carbons (Fsp3) is 0.381. The number of carbonyl (C=O) groups excluding carboxylic acids is 1.